The number of rotatable bonds is 46. The average molecular weight is 895 g/mol. The van der Waals surface area contributed by atoms with Gasteiger partial charge in [-0.1, -0.05) is 204 Å². The molecule has 0 amide bonds. The first-order valence-electron chi connectivity index (χ1n) is 25.4. The van der Waals surface area contributed by atoms with Crippen molar-refractivity contribution in [2.24, 2.45) is 0 Å². The van der Waals surface area contributed by atoms with Crippen molar-refractivity contribution < 1.29 is 42.1 Å². The van der Waals surface area contributed by atoms with Gasteiger partial charge in [0.25, 0.3) is 0 Å². The van der Waals surface area contributed by atoms with E-state index >= 15 is 0 Å². The molecule has 10 heteroatoms. The molecule has 0 aromatic rings. The minimum atomic E-state index is -4.39. The van der Waals surface area contributed by atoms with E-state index < -0.39 is 26.5 Å². The van der Waals surface area contributed by atoms with Gasteiger partial charge >= 0.3 is 19.8 Å². The number of hydrogen-bond acceptors (Lipinski definition) is 7. The Hall–Kier alpha value is -2.03. The zero-order chi connectivity index (χ0) is 45.7. The molecule has 0 saturated carbocycles. The Morgan fingerprint density at radius 3 is 1.34 bits per heavy atom. The minimum Gasteiger partial charge on any atom is -0.462 e. The lowest BCUT2D eigenvalue weighted by Crippen LogP contribution is -2.37. The number of esters is 2. The maximum Gasteiger partial charge on any atom is 0.472 e. The van der Waals surface area contributed by atoms with E-state index in [1.54, 1.807) is 0 Å². The molecule has 0 spiro atoms. The van der Waals surface area contributed by atoms with Crippen molar-refractivity contribution in [3.8, 4) is 0 Å². The quantitative estimate of drug-likeness (QED) is 0.0212. The van der Waals surface area contributed by atoms with E-state index in [4.69, 9.17) is 18.5 Å². The van der Waals surface area contributed by atoms with Crippen LogP contribution in [0.15, 0.2) is 48.6 Å². The Kier molecular flexibility index (Phi) is 42.7. The highest BCUT2D eigenvalue weighted by Crippen LogP contribution is 2.43. The fourth-order valence-corrected chi connectivity index (χ4v) is 7.63. The van der Waals surface area contributed by atoms with Gasteiger partial charge in [-0.3, -0.25) is 18.6 Å². The second kappa shape index (κ2) is 44.2. The first-order valence-corrected chi connectivity index (χ1v) is 26.9. The summed E-state index contributed by atoms with van der Waals surface area (Å²) in [7, 11) is 1.45. The standard InChI is InChI=1S/C52H96NO8P/c1-6-8-10-12-14-16-18-20-22-24-25-26-27-29-31-33-35-37-39-41-43-45-52(55)61-50(49-60-62(56,57)59-47-46-53(3,4)5)48-58-51(54)44-42-40-38-36-34-32-30-28-23-21-19-17-15-13-11-9-7-2/h22,24,26-27,31,33,37,39,50H,6-21,23,25,28-30,32,34-36,38,40-49H2,1-5H3/p+1/b24-22+,27-26+,33-31+,39-37+/t50-/m1/s1. The van der Waals surface area contributed by atoms with E-state index in [0.717, 1.165) is 44.9 Å². The van der Waals surface area contributed by atoms with Gasteiger partial charge < -0.3 is 18.9 Å². The Morgan fingerprint density at radius 1 is 0.500 bits per heavy atom. The number of ether oxygens (including phenoxy) is 2. The van der Waals surface area contributed by atoms with Gasteiger partial charge in [-0.2, -0.15) is 0 Å². The fourth-order valence-electron chi connectivity index (χ4n) is 6.89. The summed E-state index contributed by atoms with van der Waals surface area (Å²) in [5.41, 5.74) is 0. The first-order chi connectivity index (χ1) is 30.0. The van der Waals surface area contributed by atoms with Crippen molar-refractivity contribution >= 4 is 19.8 Å². The zero-order valence-corrected chi connectivity index (χ0v) is 41.7. The molecule has 0 heterocycles. The van der Waals surface area contributed by atoms with Crippen LogP contribution in [-0.2, 0) is 32.7 Å². The van der Waals surface area contributed by atoms with Crippen molar-refractivity contribution in [1.29, 1.82) is 0 Å². The highest BCUT2D eigenvalue weighted by atomic mass is 31.2. The van der Waals surface area contributed by atoms with E-state index in [-0.39, 0.29) is 32.0 Å². The molecule has 0 fully saturated rings. The van der Waals surface area contributed by atoms with Crippen LogP contribution in [0.25, 0.3) is 0 Å². The Morgan fingerprint density at radius 2 is 0.887 bits per heavy atom. The molecule has 0 aromatic heterocycles. The molecule has 0 aromatic carbocycles. The Labute approximate surface area is 382 Å². The number of phosphoric acid groups is 1. The van der Waals surface area contributed by atoms with Crippen molar-refractivity contribution in [3.63, 3.8) is 0 Å². The van der Waals surface area contributed by atoms with E-state index in [9.17, 15) is 19.0 Å². The van der Waals surface area contributed by atoms with Crippen LogP contribution in [0, 0.1) is 0 Å². The molecule has 1 N–H and O–H groups in total. The van der Waals surface area contributed by atoms with Gasteiger partial charge in [0.05, 0.1) is 27.7 Å². The molecule has 0 aliphatic heterocycles. The molecule has 0 radical (unpaired) electrons. The van der Waals surface area contributed by atoms with Gasteiger partial charge in [-0.15, -0.1) is 0 Å². The summed E-state index contributed by atoms with van der Waals surface area (Å²) in [6.07, 6.45) is 53.2. The third kappa shape index (κ3) is 47.4. The third-order valence-corrected chi connectivity index (χ3v) is 11.8. The molecular weight excluding hydrogens is 798 g/mol. The zero-order valence-electron chi connectivity index (χ0n) is 40.9. The topological polar surface area (TPSA) is 108 Å². The fraction of sp³-hybridized carbons (Fsp3) is 0.808. The van der Waals surface area contributed by atoms with Crippen molar-refractivity contribution in [2.45, 2.75) is 225 Å². The van der Waals surface area contributed by atoms with Gasteiger partial charge in [0.1, 0.15) is 19.8 Å². The van der Waals surface area contributed by atoms with Crippen LogP contribution in [0.5, 0.6) is 0 Å². The van der Waals surface area contributed by atoms with Crippen LogP contribution in [-0.4, -0.2) is 74.9 Å². The Bertz CT molecular complexity index is 1190. The van der Waals surface area contributed by atoms with E-state index in [0.29, 0.717) is 17.4 Å². The number of nitrogens with zero attached hydrogens (tertiary/aromatic N) is 1. The normalized spacial score (nSPS) is 13.8. The minimum absolute atomic E-state index is 0.0216. The molecule has 62 heavy (non-hydrogen) atoms. The molecule has 0 bridgehead atoms. The molecule has 2 atom stereocenters. The number of quaternary nitrogens is 1. The molecule has 0 saturated heterocycles. The van der Waals surface area contributed by atoms with Crippen molar-refractivity contribution in [2.75, 3.05) is 47.5 Å². The Balaban J connectivity index is 4.36. The number of carbonyl (C=O) groups excluding carboxylic acids is 2. The second-order valence-corrected chi connectivity index (χ2v) is 19.7. The lowest BCUT2D eigenvalue weighted by molar-refractivity contribution is -0.870. The summed E-state index contributed by atoms with van der Waals surface area (Å²) in [5.74, 6) is -0.857. The number of likely N-dealkylation sites (N-methyl/N-ethyl adjacent to an activating group) is 1. The lowest BCUT2D eigenvalue weighted by atomic mass is 10.0. The monoisotopic (exact) mass is 895 g/mol. The summed E-state index contributed by atoms with van der Waals surface area (Å²) in [6.45, 7) is 4.38. The molecular formula is C52H97NO8P+. The van der Waals surface area contributed by atoms with Gasteiger partial charge in [0, 0.05) is 12.8 Å². The smallest absolute Gasteiger partial charge is 0.462 e. The number of unbranched alkanes of at least 4 members (excludes halogenated alkanes) is 24. The van der Waals surface area contributed by atoms with E-state index in [2.05, 4.69) is 62.5 Å². The predicted octanol–water partition coefficient (Wildman–Crippen LogP) is 15.0. The molecule has 0 aliphatic carbocycles. The summed E-state index contributed by atoms with van der Waals surface area (Å²) in [5, 5.41) is 0. The van der Waals surface area contributed by atoms with Gasteiger partial charge in [-0.25, -0.2) is 4.57 Å². The summed E-state index contributed by atoms with van der Waals surface area (Å²) < 4.78 is 34.4. The second-order valence-electron chi connectivity index (χ2n) is 18.2. The van der Waals surface area contributed by atoms with Crippen LogP contribution in [0.4, 0.5) is 0 Å². The summed E-state index contributed by atoms with van der Waals surface area (Å²) >= 11 is 0. The maximum absolute atomic E-state index is 12.7. The third-order valence-electron chi connectivity index (χ3n) is 10.9. The maximum atomic E-state index is 12.7. The number of carbonyl (C=O) groups is 2. The highest BCUT2D eigenvalue weighted by molar-refractivity contribution is 7.47. The predicted molar refractivity (Wildman–Crippen MR) is 261 cm³/mol. The highest BCUT2D eigenvalue weighted by Gasteiger charge is 2.27. The van der Waals surface area contributed by atoms with Gasteiger partial charge in [-0.05, 0) is 51.4 Å². The molecule has 0 rings (SSSR count). The van der Waals surface area contributed by atoms with Crippen molar-refractivity contribution in [1.82, 2.24) is 0 Å². The average Bonchev–Trinajstić information content (AvgIpc) is 3.23. The van der Waals surface area contributed by atoms with Crippen LogP contribution in [0.2, 0.25) is 0 Å². The van der Waals surface area contributed by atoms with Crippen LogP contribution in [0.3, 0.4) is 0 Å². The lowest BCUT2D eigenvalue weighted by Gasteiger charge is -2.24. The number of hydrogen-bond donors (Lipinski definition) is 1. The van der Waals surface area contributed by atoms with E-state index in [1.807, 2.05) is 21.1 Å². The largest absolute Gasteiger partial charge is 0.472 e. The summed E-state index contributed by atoms with van der Waals surface area (Å²) in [6, 6.07) is 0. The molecule has 362 valence electrons. The van der Waals surface area contributed by atoms with E-state index in [1.165, 1.54) is 141 Å². The summed E-state index contributed by atoms with van der Waals surface area (Å²) in [4.78, 5) is 35.5. The van der Waals surface area contributed by atoms with Crippen LogP contribution >= 0.6 is 7.82 Å². The van der Waals surface area contributed by atoms with Crippen molar-refractivity contribution in [3.05, 3.63) is 48.6 Å². The van der Waals surface area contributed by atoms with Crippen LogP contribution < -0.4 is 0 Å². The van der Waals surface area contributed by atoms with Gasteiger partial charge in [0.15, 0.2) is 6.10 Å². The number of phosphoric ester groups is 1. The molecule has 0 aliphatic rings. The van der Waals surface area contributed by atoms with Crippen LogP contribution in [0.1, 0.15) is 219 Å². The SMILES string of the molecule is CCCCCCCCC/C=C/C/C=C/C/C=C/C/C=C/CCCC(=O)O[C@H](COC(=O)CCCCCCCCCCCCCCCCCCC)COP(=O)(O)OCC[N+](C)(C)C. The first kappa shape index (κ1) is 60.0. The number of allylic oxidation sites excluding steroid dienone is 8. The molecule has 1 unspecified atom stereocenters. The molecule has 9 nitrogen and oxygen atoms in total. The van der Waals surface area contributed by atoms with Gasteiger partial charge in [0.2, 0.25) is 0 Å².